The minimum Gasteiger partial charge on any atom is -0.292 e. The average molecular weight is 139 g/mol. The van der Waals surface area contributed by atoms with Crippen LogP contribution in [0.5, 0.6) is 0 Å². The van der Waals surface area contributed by atoms with Gasteiger partial charge in [-0.1, -0.05) is 26.7 Å². The summed E-state index contributed by atoms with van der Waals surface area (Å²) in [5.74, 6) is 3.37. The first-order chi connectivity index (χ1) is 4.70. The van der Waals surface area contributed by atoms with Crippen LogP contribution in [-0.4, -0.2) is 24.5 Å². The Morgan fingerprint density at radius 2 is 2.10 bits per heavy atom. The molecule has 0 aromatic carbocycles. The summed E-state index contributed by atoms with van der Waals surface area (Å²) < 4.78 is 0. The van der Waals surface area contributed by atoms with E-state index in [4.69, 9.17) is 6.42 Å². The molecule has 0 saturated carbocycles. The summed E-state index contributed by atoms with van der Waals surface area (Å²) in [6.45, 7) is 9.51. The van der Waals surface area contributed by atoms with Crippen molar-refractivity contribution in [3.05, 3.63) is 0 Å². The third-order valence-electron chi connectivity index (χ3n) is 1.39. The molecule has 0 rings (SSSR count). The van der Waals surface area contributed by atoms with Gasteiger partial charge in [0, 0.05) is 6.54 Å². The van der Waals surface area contributed by atoms with Crippen LogP contribution in [0.1, 0.15) is 20.8 Å². The third kappa shape index (κ3) is 4.40. The zero-order valence-corrected chi connectivity index (χ0v) is 7.22. The van der Waals surface area contributed by atoms with E-state index in [0.717, 1.165) is 19.6 Å². The molecule has 0 aromatic rings. The predicted molar refractivity (Wildman–Crippen MR) is 45.8 cm³/mol. The van der Waals surface area contributed by atoms with Crippen LogP contribution in [0.25, 0.3) is 0 Å². The standard InChI is InChI=1S/C9H17N/c1-5-7-10(6-2)8-9(3)4/h1,9H,6-8H2,2-4H3. The second kappa shape index (κ2) is 5.32. The van der Waals surface area contributed by atoms with Crippen LogP contribution in [-0.2, 0) is 0 Å². The maximum absolute atomic E-state index is 5.19. The summed E-state index contributed by atoms with van der Waals surface area (Å²) in [4.78, 5) is 2.27. The quantitative estimate of drug-likeness (QED) is 0.535. The van der Waals surface area contributed by atoms with Crippen LogP contribution >= 0.6 is 0 Å². The third-order valence-corrected chi connectivity index (χ3v) is 1.39. The van der Waals surface area contributed by atoms with Crippen molar-refractivity contribution in [2.45, 2.75) is 20.8 Å². The molecule has 0 aliphatic carbocycles. The zero-order chi connectivity index (χ0) is 7.98. The van der Waals surface area contributed by atoms with Gasteiger partial charge in [-0.3, -0.25) is 4.90 Å². The van der Waals surface area contributed by atoms with E-state index in [-0.39, 0.29) is 0 Å². The molecule has 10 heavy (non-hydrogen) atoms. The number of hydrogen-bond donors (Lipinski definition) is 0. The van der Waals surface area contributed by atoms with Crippen molar-refractivity contribution < 1.29 is 0 Å². The second-order valence-corrected chi connectivity index (χ2v) is 2.93. The molecular weight excluding hydrogens is 122 g/mol. The molecule has 0 unspecified atom stereocenters. The van der Waals surface area contributed by atoms with Crippen molar-refractivity contribution in [2.24, 2.45) is 5.92 Å². The topological polar surface area (TPSA) is 3.24 Å². The van der Waals surface area contributed by atoms with Gasteiger partial charge in [-0.2, -0.15) is 0 Å². The SMILES string of the molecule is C#CCN(CC)CC(C)C. The van der Waals surface area contributed by atoms with Gasteiger partial charge in [-0.05, 0) is 12.5 Å². The minimum absolute atomic E-state index is 0.716. The first-order valence-electron chi connectivity index (χ1n) is 3.86. The highest BCUT2D eigenvalue weighted by Gasteiger charge is 2.01. The van der Waals surface area contributed by atoms with Crippen LogP contribution in [0.3, 0.4) is 0 Å². The molecule has 1 heteroatoms. The molecule has 0 aromatic heterocycles. The van der Waals surface area contributed by atoms with E-state index in [1.54, 1.807) is 0 Å². The fourth-order valence-corrected chi connectivity index (χ4v) is 0.951. The summed E-state index contributed by atoms with van der Waals surface area (Å²) in [7, 11) is 0. The van der Waals surface area contributed by atoms with Gasteiger partial charge in [0.15, 0.2) is 0 Å². The Morgan fingerprint density at radius 3 is 2.40 bits per heavy atom. The van der Waals surface area contributed by atoms with Crippen LogP contribution in [0.2, 0.25) is 0 Å². The lowest BCUT2D eigenvalue weighted by Gasteiger charge is -2.19. The van der Waals surface area contributed by atoms with E-state index in [2.05, 4.69) is 31.6 Å². The van der Waals surface area contributed by atoms with E-state index >= 15 is 0 Å². The summed E-state index contributed by atoms with van der Waals surface area (Å²) in [6, 6.07) is 0. The molecule has 0 N–H and O–H groups in total. The fraction of sp³-hybridized carbons (Fsp3) is 0.778. The van der Waals surface area contributed by atoms with Crippen molar-refractivity contribution in [3.8, 4) is 12.3 Å². The number of rotatable bonds is 4. The highest BCUT2D eigenvalue weighted by Crippen LogP contribution is 1.96. The molecular formula is C9H17N. The van der Waals surface area contributed by atoms with Crippen molar-refractivity contribution in [1.82, 2.24) is 4.90 Å². The van der Waals surface area contributed by atoms with Gasteiger partial charge in [-0.15, -0.1) is 6.42 Å². The maximum atomic E-state index is 5.19. The van der Waals surface area contributed by atoms with Crippen LogP contribution in [0.4, 0.5) is 0 Å². The van der Waals surface area contributed by atoms with Crippen LogP contribution in [0, 0.1) is 18.3 Å². The van der Waals surface area contributed by atoms with Gasteiger partial charge in [-0.25, -0.2) is 0 Å². The molecule has 0 bridgehead atoms. The Hall–Kier alpha value is -0.480. The zero-order valence-electron chi connectivity index (χ0n) is 7.22. The number of nitrogens with zero attached hydrogens (tertiary/aromatic N) is 1. The molecule has 0 spiro atoms. The molecule has 0 aliphatic rings. The average Bonchev–Trinajstić information content (AvgIpc) is 1.86. The van der Waals surface area contributed by atoms with E-state index < -0.39 is 0 Å². The lowest BCUT2D eigenvalue weighted by molar-refractivity contribution is 0.286. The smallest absolute Gasteiger partial charge is 0.0598 e. The Bertz CT molecular complexity index is 110. The monoisotopic (exact) mass is 139 g/mol. The first kappa shape index (κ1) is 9.52. The van der Waals surface area contributed by atoms with Crippen molar-refractivity contribution in [2.75, 3.05) is 19.6 Å². The van der Waals surface area contributed by atoms with E-state index in [9.17, 15) is 0 Å². The van der Waals surface area contributed by atoms with Crippen LogP contribution in [0.15, 0.2) is 0 Å². The minimum atomic E-state index is 0.716. The Labute approximate surface area is 64.4 Å². The molecule has 0 fully saturated rings. The number of hydrogen-bond acceptors (Lipinski definition) is 1. The first-order valence-corrected chi connectivity index (χ1v) is 3.86. The van der Waals surface area contributed by atoms with Gasteiger partial charge < -0.3 is 0 Å². The highest BCUT2D eigenvalue weighted by molar-refractivity contribution is 4.87. The van der Waals surface area contributed by atoms with Crippen LogP contribution < -0.4 is 0 Å². The molecule has 0 amide bonds. The summed E-state index contributed by atoms with van der Waals surface area (Å²) in [5, 5.41) is 0. The Balaban J connectivity index is 3.52. The Kier molecular flexibility index (Phi) is 5.06. The van der Waals surface area contributed by atoms with Crippen molar-refractivity contribution in [1.29, 1.82) is 0 Å². The lowest BCUT2D eigenvalue weighted by Crippen LogP contribution is -2.27. The van der Waals surface area contributed by atoms with E-state index in [0.29, 0.717) is 5.92 Å². The largest absolute Gasteiger partial charge is 0.292 e. The molecule has 58 valence electrons. The maximum Gasteiger partial charge on any atom is 0.0598 e. The summed E-state index contributed by atoms with van der Waals surface area (Å²) in [6.07, 6.45) is 5.19. The fourth-order valence-electron chi connectivity index (χ4n) is 0.951. The highest BCUT2D eigenvalue weighted by atomic mass is 15.1. The van der Waals surface area contributed by atoms with E-state index in [1.807, 2.05) is 0 Å². The van der Waals surface area contributed by atoms with Gasteiger partial charge >= 0.3 is 0 Å². The van der Waals surface area contributed by atoms with Gasteiger partial charge in [0.1, 0.15) is 0 Å². The van der Waals surface area contributed by atoms with Gasteiger partial charge in [0.25, 0.3) is 0 Å². The predicted octanol–water partition coefficient (Wildman–Crippen LogP) is 1.60. The summed E-state index contributed by atoms with van der Waals surface area (Å²) >= 11 is 0. The molecule has 0 aliphatic heterocycles. The van der Waals surface area contributed by atoms with Gasteiger partial charge in [0.2, 0.25) is 0 Å². The van der Waals surface area contributed by atoms with Crippen molar-refractivity contribution in [3.63, 3.8) is 0 Å². The normalized spacial score (nSPS) is 10.4. The second-order valence-electron chi connectivity index (χ2n) is 2.93. The molecule has 0 atom stereocenters. The van der Waals surface area contributed by atoms with E-state index in [1.165, 1.54) is 0 Å². The van der Waals surface area contributed by atoms with Gasteiger partial charge in [0.05, 0.1) is 6.54 Å². The number of terminal acetylenes is 1. The molecule has 0 heterocycles. The van der Waals surface area contributed by atoms with Crippen molar-refractivity contribution >= 4 is 0 Å². The molecule has 1 nitrogen and oxygen atoms in total. The summed E-state index contributed by atoms with van der Waals surface area (Å²) in [5.41, 5.74) is 0. The molecule has 0 radical (unpaired) electrons. The lowest BCUT2D eigenvalue weighted by atomic mass is 10.2. The Morgan fingerprint density at radius 1 is 1.50 bits per heavy atom. The molecule has 0 saturated heterocycles.